The highest BCUT2D eigenvalue weighted by molar-refractivity contribution is 5.88. The van der Waals surface area contributed by atoms with Crippen LogP contribution in [0.25, 0.3) is 0 Å². The molecule has 0 bridgehead atoms. The number of nitrogens with zero attached hydrogens (tertiary/aromatic N) is 1. The maximum absolute atomic E-state index is 12.8. The Bertz CT molecular complexity index is 731. The summed E-state index contributed by atoms with van der Waals surface area (Å²) in [4.78, 5) is 26.7. The molecule has 138 valence electrons. The zero-order chi connectivity index (χ0) is 18.9. The molecule has 0 saturated heterocycles. The molecule has 0 spiro atoms. The lowest BCUT2D eigenvalue weighted by molar-refractivity contribution is -0.142. The van der Waals surface area contributed by atoms with Gasteiger partial charge in [0.05, 0.1) is 0 Å². The van der Waals surface area contributed by atoms with E-state index in [0.717, 1.165) is 11.1 Å². The van der Waals surface area contributed by atoms with Gasteiger partial charge in [-0.2, -0.15) is 0 Å². The van der Waals surface area contributed by atoms with Crippen molar-refractivity contribution in [3.63, 3.8) is 0 Å². The van der Waals surface area contributed by atoms with Crippen LogP contribution in [-0.2, 0) is 16.1 Å². The molecule has 0 saturated carbocycles. The van der Waals surface area contributed by atoms with Gasteiger partial charge in [-0.25, -0.2) is 0 Å². The first kappa shape index (κ1) is 19.5. The van der Waals surface area contributed by atoms with Gasteiger partial charge >= 0.3 is 0 Å². The van der Waals surface area contributed by atoms with Crippen molar-refractivity contribution < 1.29 is 14.3 Å². The highest BCUT2D eigenvalue weighted by atomic mass is 16.5. The monoisotopic (exact) mass is 354 g/mol. The summed E-state index contributed by atoms with van der Waals surface area (Å²) in [6.45, 7) is 4.16. The van der Waals surface area contributed by atoms with Gasteiger partial charge in [-0.15, -0.1) is 0 Å². The fourth-order valence-corrected chi connectivity index (χ4v) is 2.84. The van der Waals surface area contributed by atoms with E-state index in [-0.39, 0.29) is 18.4 Å². The van der Waals surface area contributed by atoms with Gasteiger partial charge in [0.2, 0.25) is 5.91 Å². The van der Waals surface area contributed by atoms with Gasteiger partial charge in [-0.05, 0) is 31.0 Å². The van der Waals surface area contributed by atoms with Crippen LogP contribution < -0.4 is 10.1 Å². The van der Waals surface area contributed by atoms with Crippen LogP contribution >= 0.6 is 0 Å². The van der Waals surface area contributed by atoms with Crippen LogP contribution in [0.4, 0.5) is 0 Å². The maximum atomic E-state index is 12.8. The minimum Gasteiger partial charge on any atom is -0.484 e. The van der Waals surface area contributed by atoms with Crippen LogP contribution in [0.1, 0.15) is 24.5 Å². The smallest absolute Gasteiger partial charge is 0.261 e. The molecule has 1 N–H and O–H groups in total. The summed E-state index contributed by atoms with van der Waals surface area (Å²) < 4.78 is 5.60. The summed E-state index contributed by atoms with van der Waals surface area (Å²) in [5, 5.41) is 2.65. The third-order valence-corrected chi connectivity index (χ3v) is 4.17. The first-order chi connectivity index (χ1) is 12.5. The van der Waals surface area contributed by atoms with Crippen molar-refractivity contribution in [1.82, 2.24) is 10.2 Å². The standard InChI is InChI=1S/C21H26N2O3/c1-4-19(21(25)22-3)23(14-17-10-8-9-16(2)13-17)20(24)15-26-18-11-6-5-7-12-18/h5-13,19H,4,14-15H2,1-3H3,(H,22,25)/t19-/m0/s1. The molecule has 2 aromatic rings. The van der Waals surface area contributed by atoms with Gasteiger partial charge in [-0.3, -0.25) is 9.59 Å². The fourth-order valence-electron chi connectivity index (χ4n) is 2.84. The second-order valence-corrected chi connectivity index (χ2v) is 6.15. The van der Waals surface area contributed by atoms with E-state index in [9.17, 15) is 9.59 Å². The SMILES string of the molecule is CC[C@@H](C(=O)NC)N(Cc1cccc(C)c1)C(=O)COc1ccccc1. The number of nitrogens with one attached hydrogen (secondary N) is 1. The Morgan fingerprint density at radius 1 is 1.12 bits per heavy atom. The molecular formula is C21H26N2O3. The van der Waals surface area contributed by atoms with Gasteiger partial charge in [-0.1, -0.05) is 55.0 Å². The number of carbonyl (C=O) groups is 2. The molecule has 2 aromatic carbocycles. The number of likely N-dealkylation sites (N-methyl/N-ethyl adjacent to an activating group) is 1. The van der Waals surface area contributed by atoms with E-state index >= 15 is 0 Å². The molecule has 0 aliphatic rings. The van der Waals surface area contributed by atoms with Crippen LogP contribution in [0.5, 0.6) is 5.75 Å². The molecule has 0 aromatic heterocycles. The average molecular weight is 354 g/mol. The van der Waals surface area contributed by atoms with E-state index in [1.54, 1.807) is 24.1 Å². The van der Waals surface area contributed by atoms with Crippen molar-refractivity contribution in [3.05, 3.63) is 65.7 Å². The molecule has 26 heavy (non-hydrogen) atoms. The minimum absolute atomic E-state index is 0.108. The van der Waals surface area contributed by atoms with E-state index in [1.165, 1.54) is 0 Å². The summed E-state index contributed by atoms with van der Waals surface area (Å²) in [5.74, 6) is 0.239. The van der Waals surface area contributed by atoms with E-state index < -0.39 is 6.04 Å². The first-order valence-electron chi connectivity index (χ1n) is 8.79. The molecule has 1 atom stereocenters. The van der Waals surface area contributed by atoms with Crippen molar-refractivity contribution >= 4 is 11.8 Å². The summed E-state index contributed by atoms with van der Waals surface area (Å²) in [6.07, 6.45) is 0.530. The Morgan fingerprint density at radius 2 is 1.85 bits per heavy atom. The molecule has 5 nitrogen and oxygen atoms in total. The summed E-state index contributed by atoms with van der Waals surface area (Å²) in [5.41, 5.74) is 2.10. The highest BCUT2D eigenvalue weighted by Gasteiger charge is 2.28. The van der Waals surface area contributed by atoms with E-state index in [4.69, 9.17) is 4.74 Å². The largest absolute Gasteiger partial charge is 0.484 e. The molecule has 0 heterocycles. The lowest BCUT2D eigenvalue weighted by atomic mass is 10.1. The van der Waals surface area contributed by atoms with Crippen molar-refractivity contribution in [3.8, 4) is 5.75 Å². The maximum Gasteiger partial charge on any atom is 0.261 e. The molecule has 0 fully saturated rings. The molecule has 0 radical (unpaired) electrons. The van der Waals surface area contributed by atoms with Gasteiger partial charge in [0.15, 0.2) is 6.61 Å². The van der Waals surface area contributed by atoms with Crippen molar-refractivity contribution in [1.29, 1.82) is 0 Å². The third kappa shape index (κ3) is 5.34. The number of hydrogen-bond donors (Lipinski definition) is 1. The zero-order valence-electron chi connectivity index (χ0n) is 15.6. The van der Waals surface area contributed by atoms with Crippen LogP contribution in [0.3, 0.4) is 0 Å². The number of carbonyl (C=O) groups excluding carboxylic acids is 2. The van der Waals surface area contributed by atoms with Gasteiger partial charge in [0.25, 0.3) is 5.91 Å². The van der Waals surface area contributed by atoms with Gasteiger partial charge < -0.3 is 15.0 Å². The number of rotatable bonds is 8. The molecule has 0 aliphatic heterocycles. The number of amides is 2. The highest BCUT2D eigenvalue weighted by Crippen LogP contribution is 2.15. The third-order valence-electron chi connectivity index (χ3n) is 4.17. The zero-order valence-corrected chi connectivity index (χ0v) is 15.6. The van der Waals surface area contributed by atoms with Gasteiger partial charge in [0.1, 0.15) is 11.8 Å². The Labute approximate surface area is 155 Å². The topological polar surface area (TPSA) is 58.6 Å². The second kappa shape index (κ2) is 9.61. The molecule has 5 heteroatoms. The first-order valence-corrected chi connectivity index (χ1v) is 8.79. The summed E-state index contributed by atoms with van der Waals surface area (Å²) >= 11 is 0. The van der Waals surface area contributed by atoms with Crippen molar-refractivity contribution in [2.75, 3.05) is 13.7 Å². The normalized spacial score (nSPS) is 11.5. The molecule has 0 unspecified atom stereocenters. The predicted molar refractivity (Wildman–Crippen MR) is 102 cm³/mol. The Morgan fingerprint density at radius 3 is 2.46 bits per heavy atom. The second-order valence-electron chi connectivity index (χ2n) is 6.15. The quantitative estimate of drug-likeness (QED) is 0.793. The lowest BCUT2D eigenvalue weighted by Gasteiger charge is -2.30. The molecular weight excluding hydrogens is 328 g/mol. The molecule has 2 amide bonds. The van der Waals surface area contributed by atoms with E-state index in [2.05, 4.69) is 5.32 Å². The van der Waals surface area contributed by atoms with E-state index in [1.807, 2.05) is 56.3 Å². The van der Waals surface area contributed by atoms with Crippen molar-refractivity contribution in [2.45, 2.75) is 32.9 Å². The van der Waals surface area contributed by atoms with Gasteiger partial charge in [0, 0.05) is 13.6 Å². The van der Waals surface area contributed by atoms with Crippen LogP contribution in [0.15, 0.2) is 54.6 Å². The molecule has 0 aliphatic carbocycles. The lowest BCUT2D eigenvalue weighted by Crippen LogP contribution is -2.49. The van der Waals surface area contributed by atoms with E-state index in [0.29, 0.717) is 18.7 Å². The van der Waals surface area contributed by atoms with Crippen LogP contribution in [0, 0.1) is 6.92 Å². The van der Waals surface area contributed by atoms with Crippen LogP contribution in [0.2, 0.25) is 0 Å². The number of benzene rings is 2. The summed E-state index contributed by atoms with van der Waals surface area (Å²) in [6, 6.07) is 16.6. The fraction of sp³-hybridized carbons (Fsp3) is 0.333. The number of aryl methyl sites for hydroxylation is 1. The average Bonchev–Trinajstić information content (AvgIpc) is 2.66. The Hall–Kier alpha value is -2.82. The van der Waals surface area contributed by atoms with Crippen molar-refractivity contribution in [2.24, 2.45) is 0 Å². The molecule has 2 rings (SSSR count). The number of ether oxygens (including phenoxy) is 1. The minimum atomic E-state index is -0.535. The number of hydrogen-bond acceptors (Lipinski definition) is 3. The number of para-hydroxylation sites is 1. The predicted octanol–water partition coefficient (Wildman–Crippen LogP) is 2.93. The summed E-state index contributed by atoms with van der Waals surface area (Å²) in [7, 11) is 1.58. The Kier molecular flexibility index (Phi) is 7.21. The Balaban J connectivity index is 2.17. The van der Waals surface area contributed by atoms with Crippen LogP contribution in [-0.4, -0.2) is 36.4 Å².